The first-order valence-corrected chi connectivity index (χ1v) is 13.1. The molecule has 0 saturated heterocycles. The Morgan fingerprint density at radius 1 is 0.550 bits per heavy atom. The second-order valence-corrected chi connectivity index (χ2v) is 9.75. The quantitative estimate of drug-likeness (QED) is 0.199. The number of benzene rings is 5. The van der Waals surface area contributed by atoms with Gasteiger partial charge in [-0.25, -0.2) is 0 Å². The molecule has 0 aliphatic heterocycles. The van der Waals surface area contributed by atoms with Crippen LogP contribution < -0.4 is 4.74 Å². The van der Waals surface area contributed by atoms with Crippen molar-refractivity contribution in [1.82, 2.24) is 4.57 Å². The van der Waals surface area contributed by atoms with Crippen molar-refractivity contribution in [2.24, 2.45) is 0 Å². The zero-order valence-electron chi connectivity index (χ0n) is 21.6. The normalized spacial score (nSPS) is 11.6. The third-order valence-corrected chi connectivity index (χ3v) is 7.03. The van der Waals surface area contributed by atoms with Gasteiger partial charge < -0.3 is 9.30 Å². The van der Waals surface area contributed by atoms with Gasteiger partial charge >= 0.3 is 6.18 Å². The SMILES string of the molecule is FC(F)(F)c1ccc(Cn2c(-c3ccccc3)ccc2-c2ccc3cc(OCc4ccccc4)ccc3c2)cc1. The van der Waals surface area contributed by atoms with E-state index in [9.17, 15) is 13.2 Å². The summed E-state index contributed by atoms with van der Waals surface area (Å²) in [6.45, 7) is 0.944. The second-order valence-electron chi connectivity index (χ2n) is 9.75. The molecule has 5 aromatic carbocycles. The molecule has 0 saturated carbocycles. The maximum Gasteiger partial charge on any atom is 0.416 e. The second kappa shape index (κ2) is 10.8. The Bertz CT molecular complexity index is 1740. The van der Waals surface area contributed by atoms with Crippen LogP contribution in [0.15, 0.2) is 133 Å². The Labute approximate surface area is 230 Å². The largest absolute Gasteiger partial charge is 0.489 e. The average Bonchev–Trinajstić information content (AvgIpc) is 3.40. The van der Waals surface area contributed by atoms with Gasteiger partial charge in [0.2, 0.25) is 0 Å². The van der Waals surface area contributed by atoms with E-state index in [-0.39, 0.29) is 0 Å². The molecule has 6 aromatic rings. The highest BCUT2D eigenvalue weighted by Gasteiger charge is 2.30. The van der Waals surface area contributed by atoms with Gasteiger partial charge in [-0.3, -0.25) is 0 Å². The minimum Gasteiger partial charge on any atom is -0.489 e. The number of ether oxygens (including phenoxy) is 1. The molecule has 5 heteroatoms. The highest BCUT2D eigenvalue weighted by molar-refractivity contribution is 5.88. The van der Waals surface area contributed by atoms with Gasteiger partial charge in [0, 0.05) is 17.9 Å². The molecule has 0 spiro atoms. The summed E-state index contributed by atoms with van der Waals surface area (Å²) in [5, 5.41) is 2.14. The van der Waals surface area contributed by atoms with Crippen LogP contribution in [-0.2, 0) is 19.3 Å². The predicted octanol–water partition coefficient (Wildman–Crippen LogP) is 9.62. The van der Waals surface area contributed by atoms with Crippen LogP contribution in [0, 0.1) is 0 Å². The van der Waals surface area contributed by atoms with E-state index in [1.165, 1.54) is 0 Å². The zero-order valence-corrected chi connectivity index (χ0v) is 21.6. The van der Waals surface area contributed by atoms with Crippen molar-refractivity contribution >= 4 is 10.8 Å². The molecule has 0 fully saturated rings. The first-order valence-electron chi connectivity index (χ1n) is 13.1. The lowest BCUT2D eigenvalue weighted by atomic mass is 10.0. The van der Waals surface area contributed by atoms with E-state index in [1.54, 1.807) is 12.1 Å². The molecule has 0 aliphatic carbocycles. The number of hydrogen-bond donors (Lipinski definition) is 0. The fourth-order valence-electron chi connectivity index (χ4n) is 4.95. The summed E-state index contributed by atoms with van der Waals surface area (Å²) in [4.78, 5) is 0. The monoisotopic (exact) mass is 533 g/mol. The first-order chi connectivity index (χ1) is 19.4. The molecule has 1 heterocycles. The van der Waals surface area contributed by atoms with Crippen molar-refractivity contribution in [2.45, 2.75) is 19.3 Å². The molecular weight excluding hydrogens is 507 g/mol. The summed E-state index contributed by atoms with van der Waals surface area (Å²) in [6, 6.07) is 42.0. The van der Waals surface area contributed by atoms with Crippen LogP contribution >= 0.6 is 0 Å². The molecule has 0 amide bonds. The number of nitrogens with zero attached hydrogens (tertiary/aromatic N) is 1. The topological polar surface area (TPSA) is 14.2 Å². The van der Waals surface area contributed by atoms with Gasteiger partial charge in [0.05, 0.1) is 5.56 Å². The highest BCUT2D eigenvalue weighted by atomic mass is 19.4. The standard InChI is InChI=1S/C35H26F3NO/c36-35(37,38)31-16-11-25(12-17-31)23-39-33(27-9-5-2-6-10-27)19-20-34(39)30-14-13-29-22-32(18-15-28(29)21-30)40-24-26-7-3-1-4-8-26/h1-22H,23-24H2. The summed E-state index contributed by atoms with van der Waals surface area (Å²) in [6.07, 6.45) is -4.36. The first kappa shape index (κ1) is 25.5. The van der Waals surface area contributed by atoms with Crippen LogP contribution in [0.1, 0.15) is 16.7 Å². The Kier molecular flexibility index (Phi) is 6.87. The van der Waals surface area contributed by atoms with Gasteiger partial charge in [0.25, 0.3) is 0 Å². The molecule has 0 unspecified atom stereocenters. The third kappa shape index (κ3) is 5.50. The van der Waals surface area contributed by atoms with E-state index in [0.717, 1.165) is 62.3 Å². The van der Waals surface area contributed by atoms with E-state index < -0.39 is 11.7 Å². The van der Waals surface area contributed by atoms with E-state index in [4.69, 9.17) is 4.74 Å². The number of rotatable bonds is 7. The maximum atomic E-state index is 13.1. The number of alkyl halides is 3. The van der Waals surface area contributed by atoms with Crippen molar-refractivity contribution in [1.29, 1.82) is 0 Å². The molecule has 2 nitrogen and oxygen atoms in total. The summed E-state index contributed by atoms with van der Waals surface area (Å²) in [7, 11) is 0. The molecule has 1 aromatic heterocycles. The molecule has 40 heavy (non-hydrogen) atoms. The molecule has 0 radical (unpaired) electrons. The summed E-state index contributed by atoms with van der Waals surface area (Å²) >= 11 is 0. The van der Waals surface area contributed by atoms with Gasteiger partial charge in [-0.15, -0.1) is 0 Å². The van der Waals surface area contributed by atoms with Gasteiger partial charge in [-0.05, 0) is 75.5 Å². The molecule has 0 N–H and O–H groups in total. The molecular formula is C35H26F3NO. The van der Waals surface area contributed by atoms with E-state index in [0.29, 0.717) is 13.2 Å². The molecule has 0 atom stereocenters. The zero-order chi connectivity index (χ0) is 27.5. The van der Waals surface area contributed by atoms with Crippen LogP contribution in [0.25, 0.3) is 33.3 Å². The number of aromatic nitrogens is 1. The van der Waals surface area contributed by atoms with Crippen molar-refractivity contribution < 1.29 is 17.9 Å². The molecule has 198 valence electrons. The van der Waals surface area contributed by atoms with Crippen molar-refractivity contribution in [2.75, 3.05) is 0 Å². The lowest BCUT2D eigenvalue weighted by molar-refractivity contribution is -0.137. The fourth-order valence-corrected chi connectivity index (χ4v) is 4.95. The van der Waals surface area contributed by atoms with Crippen molar-refractivity contribution in [3.05, 3.63) is 150 Å². The summed E-state index contributed by atoms with van der Waals surface area (Å²) in [5.74, 6) is 0.807. The van der Waals surface area contributed by atoms with Gasteiger partial charge in [-0.1, -0.05) is 91.0 Å². The highest BCUT2D eigenvalue weighted by Crippen LogP contribution is 2.34. The molecule has 0 bridgehead atoms. The van der Waals surface area contributed by atoms with Crippen LogP contribution in [0.2, 0.25) is 0 Å². The maximum absolute atomic E-state index is 13.1. The van der Waals surface area contributed by atoms with Crippen LogP contribution in [0.3, 0.4) is 0 Å². The number of fused-ring (bicyclic) bond motifs is 1. The van der Waals surface area contributed by atoms with Gasteiger partial charge in [0.15, 0.2) is 0 Å². The van der Waals surface area contributed by atoms with Crippen LogP contribution in [0.4, 0.5) is 13.2 Å². The summed E-state index contributed by atoms with van der Waals surface area (Å²) < 4.78 is 47.6. The third-order valence-electron chi connectivity index (χ3n) is 7.03. The van der Waals surface area contributed by atoms with Gasteiger partial charge in [0.1, 0.15) is 12.4 Å². The lowest BCUT2D eigenvalue weighted by Gasteiger charge is -2.16. The summed E-state index contributed by atoms with van der Waals surface area (Å²) in [5.41, 5.74) is 5.32. The van der Waals surface area contributed by atoms with E-state index >= 15 is 0 Å². The van der Waals surface area contributed by atoms with E-state index in [1.807, 2.05) is 72.8 Å². The van der Waals surface area contributed by atoms with Crippen LogP contribution in [0.5, 0.6) is 5.75 Å². The molecule has 0 aliphatic rings. The van der Waals surface area contributed by atoms with Crippen molar-refractivity contribution in [3.8, 4) is 28.3 Å². The number of halogens is 3. The van der Waals surface area contributed by atoms with Gasteiger partial charge in [-0.2, -0.15) is 13.2 Å². The minimum atomic E-state index is -4.36. The average molecular weight is 534 g/mol. The Morgan fingerprint density at radius 2 is 1.18 bits per heavy atom. The molecule has 6 rings (SSSR count). The minimum absolute atomic E-state index is 0.439. The lowest BCUT2D eigenvalue weighted by Crippen LogP contribution is -2.07. The predicted molar refractivity (Wildman–Crippen MR) is 154 cm³/mol. The number of hydrogen-bond acceptors (Lipinski definition) is 1. The Morgan fingerprint density at radius 3 is 1.88 bits per heavy atom. The fraction of sp³-hybridized carbons (Fsp3) is 0.0857. The van der Waals surface area contributed by atoms with E-state index in [2.05, 4.69) is 41.0 Å². The van der Waals surface area contributed by atoms with Crippen LogP contribution in [-0.4, -0.2) is 4.57 Å². The Balaban J connectivity index is 1.33. The smallest absolute Gasteiger partial charge is 0.416 e. The van der Waals surface area contributed by atoms with Crippen molar-refractivity contribution in [3.63, 3.8) is 0 Å². The Hall–Kier alpha value is -4.77.